The number of nitriles is 1. The maximum atomic E-state index is 14.1. The Hall–Kier alpha value is -3.19. The Morgan fingerprint density at radius 2 is 1.93 bits per heavy atom. The number of H-pyrrole nitrogens is 1. The SMILES string of the molecule is C[C@@H](Oc1ncc(-c2[nH]c(-c3c(F)cccc3Cl)nc2C#N)cn1)C(F)(F)F. The zero-order valence-electron chi connectivity index (χ0n) is 14.1. The van der Waals surface area contributed by atoms with Crippen LogP contribution in [0.2, 0.25) is 5.02 Å². The first-order valence-electron chi connectivity index (χ1n) is 7.71. The molecule has 0 radical (unpaired) electrons. The van der Waals surface area contributed by atoms with E-state index in [0.29, 0.717) is 0 Å². The van der Waals surface area contributed by atoms with Crippen molar-refractivity contribution in [2.24, 2.45) is 0 Å². The van der Waals surface area contributed by atoms with Crippen LogP contribution in [-0.4, -0.2) is 32.2 Å². The first-order chi connectivity index (χ1) is 13.2. The molecule has 0 saturated carbocycles. The Balaban J connectivity index is 1.94. The second kappa shape index (κ2) is 7.44. The van der Waals surface area contributed by atoms with Gasteiger partial charge in [0.1, 0.15) is 17.7 Å². The standard InChI is InChI=1S/C17H10ClF4N5O/c1-8(17(20,21)22)28-16-24-6-9(7-25-16)14-12(5-23)26-15(27-14)13-10(18)3-2-4-11(13)19/h2-4,6-8H,1H3,(H,26,27)/t8-/m1/s1. The van der Waals surface area contributed by atoms with Gasteiger partial charge in [-0.3, -0.25) is 0 Å². The monoisotopic (exact) mass is 411 g/mol. The van der Waals surface area contributed by atoms with Gasteiger partial charge in [0, 0.05) is 18.0 Å². The smallest absolute Gasteiger partial charge is 0.425 e. The number of hydrogen-bond donors (Lipinski definition) is 1. The van der Waals surface area contributed by atoms with Crippen LogP contribution in [0.4, 0.5) is 17.6 Å². The normalized spacial score (nSPS) is 12.5. The number of halogens is 5. The highest BCUT2D eigenvalue weighted by Crippen LogP contribution is 2.32. The molecule has 0 saturated heterocycles. The number of alkyl halides is 3. The van der Waals surface area contributed by atoms with E-state index in [-0.39, 0.29) is 33.4 Å². The van der Waals surface area contributed by atoms with Gasteiger partial charge in [0.15, 0.2) is 11.8 Å². The molecule has 3 rings (SSSR count). The summed E-state index contributed by atoms with van der Waals surface area (Å²) in [5.41, 5.74) is 0.295. The van der Waals surface area contributed by atoms with Crippen LogP contribution in [0.15, 0.2) is 30.6 Å². The van der Waals surface area contributed by atoms with Gasteiger partial charge in [-0.25, -0.2) is 19.3 Å². The molecule has 0 amide bonds. The van der Waals surface area contributed by atoms with Gasteiger partial charge >= 0.3 is 12.2 Å². The van der Waals surface area contributed by atoms with Crippen LogP contribution in [0.5, 0.6) is 6.01 Å². The van der Waals surface area contributed by atoms with E-state index in [1.165, 1.54) is 18.2 Å². The number of hydrogen-bond acceptors (Lipinski definition) is 5. The summed E-state index contributed by atoms with van der Waals surface area (Å²) in [6.45, 7) is 0.824. The molecule has 1 N–H and O–H groups in total. The van der Waals surface area contributed by atoms with Crippen molar-refractivity contribution in [1.29, 1.82) is 5.26 Å². The fourth-order valence-electron chi connectivity index (χ4n) is 2.24. The van der Waals surface area contributed by atoms with Gasteiger partial charge in [0.05, 0.1) is 16.3 Å². The molecule has 28 heavy (non-hydrogen) atoms. The number of aromatic amines is 1. The first kappa shape index (κ1) is 19.6. The molecule has 0 bridgehead atoms. The Kier molecular flexibility index (Phi) is 5.20. The van der Waals surface area contributed by atoms with Crippen LogP contribution in [0.1, 0.15) is 12.6 Å². The Labute approximate surface area is 160 Å². The van der Waals surface area contributed by atoms with Crippen molar-refractivity contribution >= 4 is 11.6 Å². The molecule has 0 unspecified atom stereocenters. The predicted octanol–water partition coefficient (Wildman–Crippen LogP) is 4.53. The number of ether oxygens (including phenoxy) is 1. The third-order valence-electron chi connectivity index (χ3n) is 3.67. The van der Waals surface area contributed by atoms with E-state index in [9.17, 15) is 22.8 Å². The third kappa shape index (κ3) is 3.89. The van der Waals surface area contributed by atoms with E-state index in [1.807, 2.05) is 6.07 Å². The molecule has 6 nitrogen and oxygen atoms in total. The van der Waals surface area contributed by atoms with Gasteiger partial charge < -0.3 is 9.72 Å². The molecular weight excluding hydrogens is 402 g/mol. The summed E-state index contributed by atoms with van der Waals surface area (Å²) in [7, 11) is 0. The van der Waals surface area contributed by atoms with Crippen molar-refractivity contribution < 1.29 is 22.3 Å². The van der Waals surface area contributed by atoms with E-state index in [4.69, 9.17) is 11.6 Å². The second-order valence-corrected chi connectivity index (χ2v) is 5.98. The van der Waals surface area contributed by atoms with Gasteiger partial charge in [-0.15, -0.1) is 0 Å². The zero-order chi connectivity index (χ0) is 20.5. The number of rotatable bonds is 4. The minimum absolute atomic E-state index is 0.0145. The highest BCUT2D eigenvalue weighted by Gasteiger charge is 2.38. The van der Waals surface area contributed by atoms with Crippen molar-refractivity contribution in [2.45, 2.75) is 19.2 Å². The minimum atomic E-state index is -4.56. The van der Waals surface area contributed by atoms with Gasteiger partial charge in [0.2, 0.25) is 0 Å². The number of imidazole rings is 1. The molecule has 0 aliphatic carbocycles. The number of nitrogens with zero attached hydrogens (tertiary/aromatic N) is 4. The topological polar surface area (TPSA) is 87.5 Å². The van der Waals surface area contributed by atoms with Crippen LogP contribution in [0.3, 0.4) is 0 Å². The average molecular weight is 412 g/mol. The molecule has 144 valence electrons. The van der Waals surface area contributed by atoms with Gasteiger partial charge in [-0.05, 0) is 19.1 Å². The molecule has 1 aromatic carbocycles. The van der Waals surface area contributed by atoms with Gasteiger partial charge in [-0.1, -0.05) is 17.7 Å². The number of nitrogens with one attached hydrogen (secondary N) is 1. The van der Waals surface area contributed by atoms with Crippen molar-refractivity contribution in [3.63, 3.8) is 0 Å². The molecule has 3 aromatic rings. The summed E-state index contributed by atoms with van der Waals surface area (Å²) < 4.78 is 56.3. The van der Waals surface area contributed by atoms with Crippen molar-refractivity contribution in [3.8, 4) is 34.7 Å². The average Bonchev–Trinajstić information content (AvgIpc) is 3.05. The lowest BCUT2D eigenvalue weighted by Crippen LogP contribution is -2.31. The van der Waals surface area contributed by atoms with E-state index < -0.39 is 24.1 Å². The van der Waals surface area contributed by atoms with Crippen LogP contribution in [0.25, 0.3) is 22.6 Å². The molecular formula is C17H10ClF4N5O. The van der Waals surface area contributed by atoms with Crippen LogP contribution in [0, 0.1) is 17.1 Å². The predicted molar refractivity (Wildman–Crippen MR) is 90.9 cm³/mol. The Bertz CT molecular complexity index is 1020. The van der Waals surface area contributed by atoms with Crippen molar-refractivity contribution in [2.75, 3.05) is 0 Å². The molecule has 2 aromatic heterocycles. The lowest BCUT2D eigenvalue weighted by atomic mass is 10.2. The third-order valence-corrected chi connectivity index (χ3v) is 3.98. The van der Waals surface area contributed by atoms with Gasteiger partial charge in [-0.2, -0.15) is 18.4 Å². The Morgan fingerprint density at radius 3 is 2.50 bits per heavy atom. The first-order valence-corrected chi connectivity index (χ1v) is 8.08. The lowest BCUT2D eigenvalue weighted by molar-refractivity contribution is -0.190. The fraction of sp³-hybridized carbons (Fsp3) is 0.176. The maximum absolute atomic E-state index is 14.1. The molecule has 2 heterocycles. The molecule has 1 atom stereocenters. The molecule has 11 heteroatoms. The summed E-state index contributed by atoms with van der Waals surface area (Å²) in [6, 6.07) is 5.44. The largest absolute Gasteiger partial charge is 0.451 e. The number of benzene rings is 1. The molecule has 0 spiro atoms. The quantitative estimate of drug-likeness (QED) is 0.637. The molecule has 0 aliphatic rings. The Morgan fingerprint density at radius 1 is 1.25 bits per heavy atom. The summed E-state index contributed by atoms with van der Waals surface area (Å²) >= 11 is 6.00. The minimum Gasteiger partial charge on any atom is -0.451 e. The lowest BCUT2D eigenvalue weighted by Gasteiger charge is -2.15. The van der Waals surface area contributed by atoms with E-state index in [1.54, 1.807) is 0 Å². The summed E-state index contributed by atoms with van der Waals surface area (Å²) in [5, 5.41) is 9.38. The van der Waals surface area contributed by atoms with Crippen LogP contribution in [-0.2, 0) is 0 Å². The van der Waals surface area contributed by atoms with E-state index >= 15 is 0 Å². The van der Waals surface area contributed by atoms with Crippen LogP contribution < -0.4 is 4.74 Å². The molecule has 0 fully saturated rings. The summed E-state index contributed by atoms with van der Waals surface area (Å²) in [6.07, 6.45) is -4.33. The zero-order valence-corrected chi connectivity index (χ0v) is 14.8. The summed E-state index contributed by atoms with van der Waals surface area (Å²) in [4.78, 5) is 14.2. The van der Waals surface area contributed by atoms with Crippen molar-refractivity contribution in [1.82, 2.24) is 19.9 Å². The van der Waals surface area contributed by atoms with Gasteiger partial charge in [0.25, 0.3) is 0 Å². The maximum Gasteiger partial charge on any atom is 0.425 e. The van der Waals surface area contributed by atoms with Crippen molar-refractivity contribution in [3.05, 3.63) is 47.1 Å². The summed E-state index contributed by atoms with van der Waals surface area (Å²) in [5.74, 6) is -0.626. The highest BCUT2D eigenvalue weighted by atomic mass is 35.5. The highest BCUT2D eigenvalue weighted by molar-refractivity contribution is 6.33. The number of aromatic nitrogens is 4. The van der Waals surface area contributed by atoms with Crippen LogP contribution >= 0.6 is 11.6 Å². The molecule has 0 aliphatic heterocycles. The fourth-order valence-corrected chi connectivity index (χ4v) is 2.49. The van der Waals surface area contributed by atoms with E-state index in [0.717, 1.165) is 19.3 Å². The second-order valence-electron chi connectivity index (χ2n) is 5.57. The van der Waals surface area contributed by atoms with E-state index in [2.05, 4.69) is 24.7 Å².